The van der Waals surface area contributed by atoms with Crippen LogP contribution in [0.1, 0.15) is 10.4 Å². The zero-order valence-corrected chi connectivity index (χ0v) is 8.14. The van der Waals surface area contributed by atoms with Gasteiger partial charge in [-0.05, 0) is 18.2 Å². The Morgan fingerprint density at radius 3 is 2.86 bits per heavy atom. The minimum atomic E-state index is -0.540. The van der Waals surface area contributed by atoms with E-state index in [1.54, 1.807) is 0 Å². The van der Waals surface area contributed by atoms with Gasteiger partial charge in [0.25, 0.3) is 5.91 Å². The third-order valence-electron chi connectivity index (χ3n) is 1.61. The molecule has 5 heteroatoms. The van der Waals surface area contributed by atoms with Crippen molar-refractivity contribution < 1.29 is 9.18 Å². The van der Waals surface area contributed by atoms with Crippen LogP contribution in [0.2, 0.25) is 5.02 Å². The normalized spacial score (nSPS) is 9.93. The lowest BCUT2D eigenvalue weighted by Crippen LogP contribution is -2.28. The summed E-state index contributed by atoms with van der Waals surface area (Å²) in [4.78, 5) is 11.3. The number of hydrogen-bond donors (Lipinski definition) is 2. The van der Waals surface area contributed by atoms with Crippen LogP contribution in [0.25, 0.3) is 0 Å². The first-order valence-electron chi connectivity index (χ1n) is 4.08. The van der Waals surface area contributed by atoms with Crippen molar-refractivity contribution in [2.45, 2.75) is 0 Å². The highest BCUT2D eigenvalue weighted by Gasteiger charge is 2.07. The summed E-state index contributed by atoms with van der Waals surface area (Å²) < 4.78 is 12.7. The maximum Gasteiger partial charge on any atom is 0.251 e. The second kappa shape index (κ2) is 4.93. The van der Waals surface area contributed by atoms with Crippen molar-refractivity contribution in [3.05, 3.63) is 34.6 Å². The maximum absolute atomic E-state index is 12.7. The molecule has 14 heavy (non-hydrogen) atoms. The first kappa shape index (κ1) is 10.9. The molecule has 0 spiro atoms. The quantitative estimate of drug-likeness (QED) is 0.797. The Labute approximate surface area is 86.0 Å². The molecule has 0 aliphatic rings. The Morgan fingerprint density at radius 1 is 1.57 bits per heavy atom. The zero-order valence-electron chi connectivity index (χ0n) is 7.39. The third kappa shape index (κ3) is 2.68. The fourth-order valence-corrected chi connectivity index (χ4v) is 1.11. The van der Waals surface area contributed by atoms with E-state index in [4.69, 9.17) is 17.3 Å². The molecule has 0 heterocycles. The lowest BCUT2D eigenvalue weighted by atomic mass is 10.2. The number of hydrogen-bond acceptors (Lipinski definition) is 2. The molecule has 0 atom stereocenters. The van der Waals surface area contributed by atoms with Crippen LogP contribution in [0.4, 0.5) is 4.39 Å². The van der Waals surface area contributed by atoms with Gasteiger partial charge in [0, 0.05) is 18.7 Å². The molecule has 3 nitrogen and oxygen atoms in total. The number of nitrogens with two attached hydrogens (primary N) is 1. The van der Waals surface area contributed by atoms with Crippen molar-refractivity contribution in [1.29, 1.82) is 0 Å². The van der Waals surface area contributed by atoms with Crippen molar-refractivity contribution in [2.24, 2.45) is 5.73 Å². The van der Waals surface area contributed by atoms with E-state index in [2.05, 4.69) is 5.32 Å². The van der Waals surface area contributed by atoms with Gasteiger partial charge in [-0.1, -0.05) is 11.6 Å². The summed E-state index contributed by atoms with van der Waals surface area (Å²) in [6.07, 6.45) is 0. The van der Waals surface area contributed by atoms with Crippen molar-refractivity contribution in [1.82, 2.24) is 5.32 Å². The first-order chi connectivity index (χ1) is 6.65. The lowest BCUT2D eigenvalue weighted by Gasteiger charge is -2.03. The molecule has 0 fully saturated rings. The van der Waals surface area contributed by atoms with E-state index in [0.29, 0.717) is 18.7 Å². The molecule has 0 saturated carbocycles. The van der Waals surface area contributed by atoms with Crippen LogP contribution < -0.4 is 11.1 Å². The summed E-state index contributed by atoms with van der Waals surface area (Å²) in [6.45, 7) is 0.745. The molecule has 1 rings (SSSR count). The van der Waals surface area contributed by atoms with Crippen molar-refractivity contribution >= 4 is 17.5 Å². The second-order valence-corrected chi connectivity index (χ2v) is 3.08. The number of nitrogens with one attached hydrogen (secondary N) is 1. The molecule has 1 amide bonds. The number of halogens is 2. The van der Waals surface area contributed by atoms with Crippen LogP contribution >= 0.6 is 11.6 Å². The smallest absolute Gasteiger partial charge is 0.251 e. The minimum absolute atomic E-state index is 0.0644. The lowest BCUT2D eigenvalue weighted by molar-refractivity contribution is 0.0954. The summed E-state index contributed by atoms with van der Waals surface area (Å²) in [5.74, 6) is -0.848. The van der Waals surface area contributed by atoms with Gasteiger partial charge in [0.2, 0.25) is 0 Å². The second-order valence-electron chi connectivity index (χ2n) is 2.67. The van der Waals surface area contributed by atoms with Gasteiger partial charge in [0.1, 0.15) is 5.82 Å². The molecule has 3 N–H and O–H groups in total. The standard InChI is InChI=1S/C9H10ClFN2O/c10-7-5-6(1-2-8(7)11)9(14)13-4-3-12/h1-2,5H,3-4,12H2,(H,13,14). The number of amides is 1. The van der Waals surface area contributed by atoms with Crippen LogP contribution in [-0.4, -0.2) is 19.0 Å². The van der Waals surface area contributed by atoms with Gasteiger partial charge in [-0.25, -0.2) is 4.39 Å². The van der Waals surface area contributed by atoms with Crippen LogP contribution in [0.15, 0.2) is 18.2 Å². The van der Waals surface area contributed by atoms with Crippen LogP contribution in [0.3, 0.4) is 0 Å². The molecule has 1 aromatic carbocycles. The Balaban J connectivity index is 2.76. The highest BCUT2D eigenvalue weighted by molar-refractivity contribution is 6.31. The van der Waals surface area contributed by atoms with Crippen molar-refractivity contribution in [2.75, 3.05) is 13.1 Å². The predicted molar refractivity (Wildman–Crippen MR) is 52.8 cm³/mol. The van der Waals surface area contributed by atoms with Crippen molar-refractivity contribution in [3.8, 4) is 0 Å². The summed E-state index contributed by atoms with van der Waals surface area (Å²) in [7, 11) is 0. The molecular formula is C9H10ClFN2O. The molecule has 0 radical (unpaired) electrons. The van der Waals surface area contributed by atoms with Gasteiger partial charge in [-0.2, -0.15) is 0 Å². The van der Waals surface area contributed by atoms with Gasteiger partial charge in [-0.3, -0.25) is 4.79 Å². The molecule has 0 saturated heterocycles. The fraction of sp³-hybridized carbons (Fsp3) is 0.222. The van der Waals surface area contributed by atoms with Crippen LogP contribution in [-0.2, 0) is 0 Å². The molecule has 76 valence electrons. The van der Waals surface area contributed by atoms with Gasteiger partial charge in [-0.15, -0.1) is 0 Å². The van der Waals surface area contributed by atoms with Gasteiger partial charge in [0.05, 0.1) is 5.02 Å². The average molecular weight is 217 g/mol. The van der Waals surface area contributed by atoms with E-state index >= 15 is 0 Å². The molecule has 0 unspecified atom stereocenters. The van der Waals surface area contributed by atoms with E-state index in [-0.39, 0.29) is 10.9 Å². The topological polar surface area (TPSA) is 55.1 Å². The number of carbonyl (C=O) groups is 1. The Morgan fingerprint density at radius 2 is 2.29 bits per heavy atom. The SMILES string of the molecule is NCCNC(=O)c1ccc(F)c(Cl)c1. The Kier molecular flexibility index (Phi) is 3.85. The molecule has 0 aliphatic carbocycles. The van der Waals surface area contributed by atoms with Gasteiger partial charge in [0.15, 0.2) is 0 Å². The maximum atomic E-state index is 12.7. The minimum Gasteiger partial charge on any atom is -0.351 e. The van der Waals surface area contributed by atoms with Crippen LogP contribution in [0.5, 0.6) is 0 Å². The molecule has 1 aromatic rings. The Hall–Kier alpha value is -1.13. The highest BCUT2D eigenvalue weighted by Crippen LogP contribution is 2.15. The summed E-state index contributed by atoms with van der Waals surface area (Å²) in [5.41, 5.74) is 5.53. The summed E-state index contributed by atoms with van der Waals surface area (Å²) in [6, 6.07) is 3.80. The van der Waals surface area contributed by atoms with Crippen molar-refractivity contribution in [3.63, 3.8) is 0 Å². The van der Waals surface area contributed by atoms with E-state index < -0.39 is 5.82 Å². The third-order valence-corrected chi connectivity index (χ3v) is 1.90. The van der Waals surface area contributed by atoms with E-state index in [1.807, 2.05) is 0 Å². The molecule has 0 bridgehead atoms. The first-order valence-corrected chi connectivity index (χ1v) is 4.46. The largest absolute Gasteiger partial charge is 0.351 e. The van der Waals surface area contributed by atoms with E-state index in [9.17, 15) is 9.18 Å². The highest BCUT2D eigenvalue weighted by atomic mass is 35.5. The zero-order chi connectivity index (χ0) is 10.6. The molecular weight excluding hydrogens is 207 g/mol. The molecule has 0 aliphatic heterocycles. The predicted octanol–water partition coefficient (Wildman–Crippen LogP) is 1.17. The van der Waals surface area contributed by atoms with Gasteiger partial charge >= 0.3 is 0 Å². The monoisotopic (exact) mass is 216 g/mol. The summed E-state index contributed by atoms with van der Waals surface area (Å²) >= 11 is 5.51. The number of carbonyl (C=O) groups excluding carboxylic acids is 1. The number of benzene rings is 1. The fourth-order valence-electron chi connectivity index (χ4n) is 0.925. The summed E-state index contributed by atoms with van der Waals surface area (Å²) in [5, 5.41) is 2.49. The Bertz CT molecular complexity index is 344. The van der Waals surface area contributed by atoms with Crippen LogP contribution in [0, 0.1) is 5.82 Å². The van der Waals surface area contributed by atoms with Gasteiger partial charge < -0.3 is 11.1 Å². The van der Waals surface area contributed by atoms with E-state index in [0.717, 1.165) is 6.07 Å². The number of rotatable bonds is 3. The van der Waals surface area contributed by atoms with E-state index in [1.165, 1.54) is 12.1 Å². The average Bonchev–Trinajstić information content (AvgIpc) is 2.18. The molecule has 0 aromatic heterocycles.